The molecule has 9 nitrogen and oxygen atoms in total. The molecule has 0 amide bonds. The van der Waals surface area contributed by atoms with Crippen LogP contribution in [0.25, 0.3) is 22.2 Å². The van der Waals surface area contributed by atoms with Crippen LogP contribution in [0.4, 0.5) is 34.1 Å². The number of amidine groups is 1. The standard InChI is InChI=1S/C41H28N8OS/c1-42-23-45-41(43-2)30-20-26(40-46-24-44-25-47-40)19-29-28(30)21-27(48-33-13-5-9-17-38(33)51-39-18-10-6-14-34(39)48)22-35(29)49-31-11-3-7-15-36(31)50-37-16-8-4-12-32(37)49/h3-25H,1H2,2H3/b43-41-,45-23-. The van der Waals surface area contributed by atoms with E-state index in [1.165, 1.54) is 28.8 Å². The molecule has 0 saturated carbocycles. The van der Waals surface area contributed by atoms with Crippen molar-refractivity contribution in [2.75, 3.05) is 16.8 Å². The lowest BCUT2D eigenvalue weighted by Gasteiger charge is -2.36. The van der Waals surface area contributed by atoms with Crippen LogP contribution >= 0.6 is 11.8 Å². The molecule has 0 unspecified atom stereocenters. The van der Waals surface area contributed by atoms with Crippen LogP contribution in [0.3, 0.4) is 0 Å². The van der Waals surface area contributed by atoms with E-state index in [1.54, 1.807) is 18.8 Å². The van der Waals surface area contributed by atoms with Gasteiger partial charge in [0, 0.05) is 39.0 Å². The molecule has 6 aromatic carbocycles. The van der Waals surface area contributed by atoms with Crippen LogP contribution in [0.1, 0.15) is 5.56 Å². The van der Waals surface area contributed by atoms with E-state index in [0.717, 1.165) is 67.5 Å². The summed E-state index contributed by atoms with van der Waals surface area (Å²) in [5.74, 6) is 2.53. The number of ether oxygens (including phenoxy) is 1. The molecule has 3 heterocycles. The van der Waals surface area contributed by atoms with E-state index in [1.807, 2.05) is 42.5 Å². The summed E-state index contributed by atoms with van der Waals surface area (Å²) in [4.78, 5) is 33.2. The third-order valence-electron chi connectivity index (χ3n) is 8.86. The Kier molecular flexibility index (Phi) is 7.55. The molecule has 0 radical (unpaired) electrons. The molecule has 7 aromatic rings. The first-order chi connectivity index (χ1) is 25.2. The number of aliphatic imine (C=N–C) groups is 3. The van der Waals surface area contributed by atoms with Crippen molar-refractivity contribution < 1.29 is 4.74 Å². The van der Waals surface area contributed by atoms with E-state index in [2.05, 4.69) is 125 Å². The molecule has 2 aliphatic heterocycles. The van der Waals surface area contributed by atoms with Crippen LogP contribution in [-0.2, 0) is 0 Å². The highest BCUT2D eigenvalue weighted by Crippen LogP contribution is 2.56. The van der Waals surface area contributed by atoms with E-state index in [0.29, 0.717) is 11.7 Å². The molecule has 51 heavy (non-hydrogen) atoms. The van der Waals surface area contributed by atoms with E-state index in [4.69, 9.17) is 4.74 Å². The molecular weight excluding hydrogens is 653 g/mol. The van der Waals surface area contributed by atoms with Gasteiger partial charge in [0.1, 0.15) is 19.0 Å². The normalized spacial score (nSPS) is 13.3. The van der Waals surface area contributed by atoms with E-state index < -0.39 is 0 Å². The Bertz CT molecular complexity index is 2460. The molecule has 0 fully saturated rings. The Morgan fingerprint density at radius 1 is 0.686 bits per heavy atom. The van der Waals surface area contributed by atoms with Gasteiger partial charge in [-0.3, -0.25) is 9.98 Å². The van der Waals surface area contributed by atoms with Crippen LogP contribution in [-0.4, -0.2) is 40.9 Å². The third-order valence-corrected chi connectivity index (χ3v) is 9.99. The maximum absolute atomic E-state index is 6.46. The van der Waals surface area contributed by atoms with E-state index in [-0.39, 0.29) is 0 Å². The Hall–Kier alpha value is -6.65. The van der Waals surface area contributed by atoms with E-state index in [9.17, 15) is 0 Å². The summed E-state index contributed by atoms with van der Waals surface area (Å²) in [6.07, 6.45) is 4.42. The minimum absolute atomic E-state index is 0.490. The summed E-state index contributed by atoms with van der Waals surface area (Å²) >= 11 is 1.78. The largest absolute Gasteiger partial charge is 0.453 e. The summed E-state index contributed by atoms with van der Waals surface area (Å²) in [7, 11) is 1.73. The van der Waals surface area contributed by atoms with Crippen molar-refractivity contribution in [1.29, 1.82) is 0 Å². The predicted octanol–water partition coefficient (Wildman–Crippen LogP) is 10.3. The zero-order valence-corrected chi connectivity index (χ0v) is 28.2. The van der Waals surface area contributed by atoms with Crippen LogP contribution in [0.15, 0.2) is 159 Å². The quantitative estimate of drug-likeness (QED) is 0.132. The molecule has 0 aliphatic carbocycles. The minimum atomic E-state index is 0.490. The molecule has 0 bridgehead atoms. The number of hydrogen-bond acceptors (Lipinski definition) is 8. The van der Waals surface area contributed by atoms with Gasteiger partial charge in [0.25, 0.3) is 0 Å². The highest BCUT2D eigenvalue weighted by Gasteiger charge is 2.31. The predicted molar refractivity (Wildman–Crippen MR) is 207 cm³/mol. The first kappa shape index (κ1) is 30.4. The first-order valence-corrected chi connectivity index (χ1v) is 17.1. The van der Waals surface area contributed by atoms with Crippen molar-refractivity contribution >= 4 is 75.6 Å². The van der Waals surface area contributed by atoms with Gasteiger partial charge in [-0.2, -0.15) is 0 Å². The van der Waals surface area contributed by atoms with Crippen molar-refractivity contribution in [2.45, 2.75) is 9.79 Å². The number of benzene rings is 6. The average molecular weight is 681 g/mol. The van der Waals surface area contributed by atoms with Crippen LogP contribution in [0, 0.1) is 0 Å². The van der Waals surface area contributed by atoms with Gasteiger partial charge in [0.2, 0.25) is 0 Å². The molecule has 2 aliphatic rings. The zero-order valence-electron chi connectivity index (χ0n) is 27.4. The summed E-state index contributed by atoms with van der Waals surface area (Å²) in [6, 6.07) is 41.9. The van der Waals surface area contributed by atoms with Gasteiger partial charge in [0.15, 0.2) is 23.2 Å². The Labute approximate surface area is 298 Å². The highest BCUT2D eigenvalue weighted by atomic mass is 32.2. The van der Waals surface area contributed by atoms with Crippen molar-refractivity contribution in [1.82, 2.24) is 15.0 Å². The fourth-order valence-electron chi connectivity index (χ4n) is 6.73. The maximum Gasteiger partial charge on any atom is 0.162 e. The monoisotopic (exact) mass is 680 g/mol. The number of hydrogen-bond donors (Lipinski definition) is 0. The lowest BCUT2D eigenvalue weighted by Crippen LogP contribution is -2.18. The molecule has 9 rings (SSSR count). The summed E-state index contributed by atoms with van der Waals surface area (Å²) in [5, 5.41) is 1.87. The Balaban J connectivity index is 1.43. The number of fused-ring (bicyclic) bond motifs is 5. The number of aromatic nitrogens is 3. The minimum Gasteiger partial charge on any atom is -0.453 e. The smallest absolute Gasteiger partial charge is 0.162 e. The first-order valence-electron chi connectivity index (χ1n) is 16.2. The lowest BCUT2D eigenvalue weighted by atomic mass is 9.95. The second kappa shape index (κ2) is 12.7. The zero-order chi connectivity index (χ0) is 34.3. The van der Waals surface area contributed by atoms with Crippen molar-refractivity contribution in [2.24, 2.45) is 15.0 Å². The second-order valence-corrected chi connectivity index (χ2v) is 12.8. The second-order valence-electron chi connectivity index (χ2n) is 11.8. The van der Waals surface area contributed by atoms with Crippen molar-refractivity contribution in [3.05, 3.63) is 140 Å². The van der Waals surface area contributed by atoms with Gasteiger partial charge in [-0.25, -0.2) is 19.9 Å². The molecule has 1 aromatic heterocycles. The molecular formula is C41H28N8OS. The van der Waals surface area contributed by atoms with Gasteiger partial charge >= 0.3 is 0 Å². The third kappa shape index (κ3) is 5.20. The summed E-state index contributed by atoms with van der Waals surface area (Å²) < 4.78 is 6.46. The summed E-state index contributed by atoms with van der Waals surface area (Å²) in [5.41, 5.74) is 7.48. The fourth-order valence-corrected chi connectivity index (χ4v) is 7.79. The Morgan fingerprint density at radius 3 is 1.92 bits per heavy atom. The SMILES string of the molecule is C=N/C=N\C(=N/C)c1cc(-c2ncncn2)cc2c(N3c4ccccc4Oc4ccccc43)cc(N3c4ccccc4Sc4ccccc43)cc12. The molecule has 10 heteroatoms. The van der Waals surface area contributed by atoms with Crippen LogP contribution in [0.5, 0.6) is 11.5 Å². The number of rotatable bonds is 5. The van der Waals surface area contributed by atoms with Gasteiger partial charge in [-0.15, -0.1) is 0 Å². The number of nitrogens with zero attached hydrogens (tertiary/aromatic N) is 8. The van der Waals surface area contributed by atoms with Crippen molar-refractivity contribution in [3.63, 3.8) is 0 Å². The molecule has 0 spiro atoms. The van der Waals surface area contributed by atoms with Crippen molar-refractivity contribution in [3.8, 4) is 22.9 Å². The number of para-hydroxylation sites is 6. The topological polar surface area (TPSA) is 91.5 Å². The van der Waals surface area contributed by atoms with Gasteiger partial charge in [-0.05, 0) is 84.9 Å². The van der Waals surface area contributed by atoms with Crippen LogP contribution in [0.2, 0.25) is 0 Å². The van der Waals surface area contributed by atoms with Gasteiger partial charge < -0.3 is 14.5 Å². The molecule has 0 saturated heterocycles. The highest BCUT2D eigenvalue weighted by molar-refractivity contribution is 7.99. The molecule has 244 valence electrons. The van der Waals surface area contributed by atoms with Crippen LogP contribution < -0.4 is 14.5 Å². The lowest BCUT2D eigenvalue weighted by molar-refractivity contribution is 0.477. The summed E-state index contributed by atoms with van der Waals surface area (Å²) in [6.45, 7) is 3.62. The molecule has 0 N–H and O–H groups in total. The van der Waals surface area contributed by atoms with E-state index >= 15 is 0 Å². The Morgan fingerprint density at radius 2 is 1.29 bits per heavy atom. The van der Waals surface area contributed by atoms with Gasteiger partial charge in [-0.1, -0.05) is 60.3 Å². The van der Waals surface area contributed by atoms with Gasteiger partial charge in [0.05, 0.1) is 28.4 Å². The molecule has 0 atom stereocenters. The average Bonchev–Trinajstić information content (AvgIpc) is 3.19. The fraction of sp³-hybridized carbons (Fsp3) is 0.0244. The number of anilines is 6. The maximum atomic E-state index is 6.46.